The number of benzene rings is 1. The molecular formula is C19H33ClIN5O. The topological polar surface area (TPSA) is 52.1 Å². The van der Waals surface area contributed by atoms with Crippen molar-refractivity contribution in [1.82, 2.24) is 15.5 Å². The average Bonchev–Trinajstić information content (AvgIpc) is 3.07. The molecule has 0 saturated carbocycles. The lowest BCUT2D eigenvalue weighted by Gasteiger charge is -2.22. The third kappa shape index (κ3) is 7.91. The molecule has 2 rings (SSSR count). The van der Waals surface area contributed by atoms with Gasteiger partial charge in [0.25, 0.3) is 0 Å². The maximum Gasteiger partial charge on any atom is 0.191 e. The molecule has 1 aromatic rings. The van der Waals surface area contributed by atoms with Crippen LogP contribution < -0.4 is 20.3 Å². The Hall–Kier alpha value is -0.930. The van der Waals surface area contributed by atoms with Crippen LogP contribution in [-0.4, -0.2) is 70.8 Å². The van der Waals surface area contributed by atoms with Crippen molar-refractivity contribution in [3.8, 4) is 5.75 Å². The fourth-order valence-corrected chi connectivity index (χ4v) is 3.26. The molecule has 8 heteroatoms. The van der Waals surface area contributed by atoms with E-state index >= 15 is 0 Å². The van der Waals surface area contributed by atoms with Gasteiger partial charge in [-0.25, -0.2) is 0 Å². The van der Waals surface area contributed by atoms with Gasteiger partial charge in [0.2, 0.25) is 0 Å². The van der Waals surface area contributed by atoms with Gasteiger partial charge in [-0.3, -0.25) is 4.99 Å². The molecule has 1 saturated heterocycles. The third-order valence-corrected chi connectivity index (χ3v) is 4.62. The van der Waals surface area contributed by atoms with Crippen molar-refractivity contribution in [2.75, 3.05) is 58.8 Å². The Morgan fingerprint density at radius 3 is 2.85 bits per heavy atom. The van der Waals surface area contributed by atoms with Crippen LogP contribution in [0, 0.1) is 0 Å². The molecule has 0 aromatic heterocycles. The summed E-state index contributed by atoms with van der Waals surface area (Å²) < 4.78 is 5.49. The molecule has 1 heterocycles. The zero-order chi connectivity index (χ0) is 18.9. The molecule has 154 valence electrons. The maximum atomic E-state index is 6.18. The minimum atomic E-state index is 0. The first-order valence-corrected chi connectivity index (χ1v) is 9.69. The minimum Gasteiger partial charge on any atom is -0.495 e. The molecule has 2 N–H and O–H groups in total. The highest BCUT2D eigenvalue weighted by molar-refractivity contribution is 14.0. The summed E-state index contributed by atoms with van der Waals surface area (Å²) >= 11 is 6.18. The zero-order valence-corrected chi connectivity index (χ0v) is 19.9. The van der Waals surface area contributed by atoms with Crippen molar-refractivity contribution in [2.45, 2.75) is 25.8 Å². The van der Waals surface area contributed by atoms with Gasteiger partial charge in [0.1, 0.15) is 5.75 Å². The van der Waals surface area contributed by atoms with Gasteiger partial charge in [0.15, 0.2) is 5.96 Å². The molecule has 0 aliphatic carbocycles. The van der Waals surface area contributed by atoms with E-state index in [1.165, 1.54) is 0 Å². The van der Waals surface area contributed by atoms with Gasteiger partial charge < -0.3 is 25.2 Å². The molecule has 6 nitrogen and oxygen atoms in total. The third-order valence-electron chi connectivity index (χ3n) is 4.39. The van der Waals surface area contributed by atoms with Crippen molar-refractivity contribution in [3.63, 3.8) is 0 Å². The Balaban J connectivity index is 0.00000364. The number of hydrogen-bond donors (Lipinski definition) is 2. The summed E-state index contributed by atoms with van der Waals surface area (Å²) in [5.74, 6) is 1.76. The van der Waals surface area contributed by atoms with Gasteiger partial charge >= 0.3 is 0 Å². The predicted octanol–water partition coefficient (Wildman–Crippen LogP) is 3.05. The van der Waals surface area contributed by atoms with Crippen LogP contribution in [0.2, 0.25) is 5.02 Å². The van der Waals surface area contributed by atoms with Crippen molar-refractivity contribution in [2.24, 2.45) is 4.99 Å². The smallest absolute Gasteiger partial charge is 0.191 e. The zero-order valence-electron chi connectivity index (χ0n) is 16.8. The van der Waals surface area contributed by atoms with Crippen LogP contribution in [0.1, 0.15) is 19.8 Å². The summed E-state index contributed by atoms with van der Waals surface area (Å²) in [4.78, 5) is 9.20. The van der Waals surface area contributed by atoms with Gasteiger partial charge in [0.05, 0.1) is 12.8 Å². The number of guanidine groups is 1. The van der Waals surface area contributed by atoms with Gasteiger partial charge in [-0.1, -0.05) is 11.6 Å². The molecule has 1 unspecified atom stereocenters. The molecule has 0 bridgehead atoms. The van der Waals surface area contributed by atoms with Crippen molar-refractivity contribution >= 4 is 47.2 Å². The second-order valence-electron chi connectivity index (χ2n) is 6.81. The first kappa shape index (κ1) is 24.1. The maximum absolute atomic E-state index is 6.18. The van der Waals surface area contributed by atoms with E-state index in [0.717, 1.165) is 68.0 Å². The lowest BCUT2D eigenvalue weighted by Crippen LogP contribution is -2.44. The molecule has 1 atom stereocenters. The van der Waals surface area contributed by atoms with E-state index in [4.69, 9.17) is 21.3 Å². The highest BCUT2D eigenvalue weighted by Crippen LogP contribution is 2.33. The average molecular weight is 510 g/mol. The Kier molecular flexibility index (Phi) is 11.2. The second kappa shape index (κ2) is 12.5. The number of methoxy groups -OCH3 is 1. The molecule has 1 fully saturated rings. The number of hydrogen-bond acceptors (Lipinski definition) is 4. The van der Waals surface area contributed by atoms with Gasteiger partial charge in [-0.05, 0) is 58.6 Å². The largest absolute Gasteiger partial charge is 0.495 e. The van der Waals surface area contributed by atoms with Crippen molar-refractivity contribution in [3.05, 3.63) is 23.2 Å². The Bertz CT molecular complexity index is 599. The normalized spacial score (nSPS) is 17.0. The van der Waals surface area contributed by atoms with Gasteiger partial charge in [-0.15, -0.1) is 24.0 Å². The molecule has 1 aromatic carbocycles. The fraction of sp³-hybridized carbons (Fsp3) is 0.632. The molecule has 0 amide bonds. The van der Waals surface area contributed by atoms with Crippen LogP contribution >= 0.6 is 35.6 Å². The predicted molar refractivity (Wildman–Crippen MR) is 126 cm³/mol. The van der Waals surface area contributed by atoms with Crippen LogP contribution in [0.4, 0.5) is 5.69 Å². The monoisotopic (exact) mass is 509 g/mol. The number of aliphatic imine (C=N–C) groups is 1. The summed E-state index contributed by atoms with van der Waals surface area (Å²) in [6.45, 7) is 6.70. The minimum absolute atomic E-state index is 0. The lowest BCUT2D eigenvalue weighted by molar-refractivity contribution is 0.403. The SMILES string of the molecule is CCNC(=NCCCN(C)C)NC1CCN(c2cc(Cl)ccc2OC)C1.I. The molecule has 1 aliphatic rings. The number of nitrogens with zero attached hydrogens (tertiary/aromatic N) is 3. The summed E-state index contributed by atoms with van der Waals surface area (Å²) in [5.41, 5.74) is 1.05. The number of halogens is 2. The van der Waals surface area contributed by atoms with Crippen LogP contribution in [0.3, 0.4) is 0 Å². The van der Waals surface area contributed by atoms with Crippen molar-refractivity contribution in [1.29, 1.82) is 0 Å². The van der Waals surface area contributed by atoms with Crippen molar-refractivity contribution < 1.29 is 4.74 Å². The van der Waals surface area contributed by atoms with Crippen LogP contribution in [0.15, 0.2) is 23.2 Å². The van der Waals surface area contributed by atoms with Gasteiger partial charge in [-0.2, -0.15) is 0 Å². The van der Waals surface area contributed by atoms with Crippen LogP contribution in [0.25, 0.3) is 0 Å². The number of nitrogens with one attached hydrogen (secondary N) is 2. The van der Waals surface area contributed by atoms with Crippen LogP contribution in [0.5, 0.6) is 5.75 Å². The first-order valence-electron chi connectivity index (χ1n) is 9.31. The first-order chi connectivity index (χ1) is 12.5. The summed E-state index contributed by atoms with van der Waals surface area (Å²) in [6.07, 6.45) is 2.11. The van der Waals surface area contributed by atoms with E-state index in [1.54, 1.807) is 7.11 Å². The summed E-state index contributed by atoms with van der Waals surface area (Å²) in [7, 11) is 5.87. The van der Waals surface area contributed by atoms with E-state index in [1.807, 2.05) is 18.2 Å². The molecule has 1 aliphatic heterocycles. The van der Waals surface area contributed by atoms with E-state index < -0.39 is 0 Å². The van der Waals surface area contributed by atoms with E-state index in [9.17, 15) is 0 Å². The number of anilines is 1. The molecule has 0 radical (unpaired) electrons. The quantitative estimate of drug-likeness (QED) is 0.244. The Morgan fingerprint density at radius 2 is 2.19 bits per heavy atom. The summed E-state index contributed by atoms with van der Waals surface area (Å²) in [5, 5.41) is 7.64. The van der Waals surface area contributed by atoms with Crippen LogP contribution in [-0.2, 0) is 0 Å². The molecule has 27 heavy (non-hydrogen) atoms. The fourth-order valence-electron chi connectivity index (χ4n) is 3.10. The summed E-state index contributed by atoms with van der Waals surface area (Å²) in [6, 6.07) is 6.11. The highest BCUT2D eigenvalue weighted by Gasteiger charge is 2.25. The standard InChI is InChI=1S/C19H32ClN5O.HI/c1-5-21-19(22-10-6-11-24(2)3)23-16-9-12-25(14-16)17-13-15(20)7-8-18(17)26-4;/h7-8,13,16H,5-6,9-12,14H2,1-4H3,(H2,21,22,23);1H. The number of ether oxygens (including phenoxy) is 1. The molecular weight excluding hydrogens is 477 g/mol. The number of rotatable bonds is 8. The Labute approximate surface area is 185 Å². The van der Waals surface area contributed by atoms with E-state index in [2.05, 4.69) is 41.5 Å². The second-order valence-corrected chi connectivity index (χ2v) is 7.25. The lowest BCUT2D eigenvalue weighted by atomic mass is 10.2. The highest BCUT2D eigenvalue weighted by atomic mass is 127. The van der Waals surface area contributed by atoms with Gasteiger partial charge in [0, 0.05) is 37.2 Å². The molecule has 0 spiro atoms. The van der Waals surface area contributed by atoms with E-state index in [0.29, 0.717) is 6.04 Å². The van der Waals surface area contributed by atoms with E-state index in [-0.39, 0.29) is 24.0 Å². The Morgan fingerprint density at radius 1 is 1.41 bits per heavy atom.